The summed E-state index contributed by atoms with van der Waals surface area (Å²) < 4.78 is 2.11. The van der Waals surface area contributed by atoms with E-state index >= 15 is 0 Å². The standard InChI is InChI=1S/C14H25N5.ClH/c1-2-19-14(3-5-16-19)12-17-8-4-13(11-17)18-9-6-15-7-10-18;/h3,5,13,15H,2,4,6-12H2,1H3;1H. The summed E-state index contributed by atoms with van der Waals surface area (Å²) in [6.45, 7) is 11.4. The molecule has 2 aliphatic rings. The van der Waals surface area contributed by atoms with E-state index in [-0.39, 0.29) is 12.4 Å². The molecule has 0 amide bonds. The van der Waals surface area contributed by atoms with Crippen LogP contribution in [-0.2, 0) is 13.1 Å². The molecular weight excluding hydrogens is 274 g/mol. The van der Waals surface area contributed by atoms with Crippen molar-refractivity contribution < 1.29 is 0 Å². The SMILES string of the molecule is CCn1nccc1CN1CCC(N2CCNCC2)C1.Cl. The number of piperazine rings is 1. The predicted molar refractivity (Wildman–Crippen MR) is 83.3 cm³/mol. The van der Waals surface area contributed by atoms with Crippen LogP contribution in [0.5, 0.6) is 0 Å². The molecule has 1 aromatic heterocycles. The van der Waals surface area contributed by atoms with Crippen molar-refractivity contribution in [1.29, 1.82) is 0 Å². The molecular formula is C14H26ClN5. The Morgan fingerprint density at radius 2 is 2.10 bits per heavy atom. The Hall–Kier alpha value is -0.620. The van der Waals surface area contributed by atoms with E-state index in [4.69, 9.17) is 0 Å². The number of aromatic nitrogens is 2. The fourth-order valence-corrected chi connectivity index (χ4v) is 3.31. The maximum atomic E-state index is 4.36. The lowest BCUT2D eigenvalue weighted by Crippen LogP contribution is -2.49. The Kier molecular flexibility index (Phi) is 5.84. The van der Waals surface area contributed by atoms with Gasteiger partial charge in [-0.05, 0) is 19.4 Å². The van der Waals surface area contributed by atoms with Gasteiger partial charge in [-0.25, -0.2) is 0 Å². The first-order valence-electron chi connectivity index (χ1n) is 7.54. The zero-order valence-electron chi connectivity index (χ0n) is 12.3. The Labute approximate surface area is 127 Å². The third-order valence-electron chi connectivity index (χ3n) is 4.41. The molecule has 2 fully saturated rings. The average Bonchev–Trinajstić information content (AvgIpc) is 3.09. The molecule has 0 aliphatic carbocycles. The van der Waals surface area contributed by atoms with Crippen molar-refractivity contribution in [3.05, 3.63) is 18.0 Å². The Morgan fingerprint density at radius 3 is 2.85 bits per heavy atom. The molecule has 1 unspecified atom stereocenters. The summed E-state index contributed by atoms with van der Waals surface area (Å²) in [5, 5.41) is 7.79. The molecule has 1 atom stereocenters. The Morgan fingerprint density at radius 1 is 1.30 bits per heavy atom. The highest BCUT2D eigenvalue weighted by Gasteiger charge is 2.28. The molecule has 2 saturated heterocycles. The van der Waals surface area contributed by atoms with Crippen LogP contribution < -0.4 is 5.32 Å². The third-order valence-corrected chi connectivity index (χ3v) is 4.41. The van der Waals surface area contributed by atoms with Crippen molar-refractivity contribution in [1.82, 2.24) is 24.9 Å². The quantitative estimate of drug-likeness (QED) is 0.892. The van der Waals surface area contributed by atoms with E-state index in [0.717, 1.165) is 32.2 Å². The van der Waals surface area contributed by atoms with Crippen molar-refractivity contribution in [2.45, 2.75) is 32.5 Å². The normalized spacial score (nSPS) is 24.8. The number of aryl methyl sites for hydroxylation is 1. The first-order valence-corrected chi connectivity index (χ1v) is 7.54. The predicted octanol–water partition coefficient (Wildman–Crippen LogP) is 0.804. The molecule has 1 N–H and O–H groups in total. The van der Waals surface area contributed by atoms with Crippen LogP contribution in [0.25, 0.3) is 0 Å². The minimum atomic E-state index is 0. The second-order valence-corrected chi connectivity index (χ2v) is 5.60. The zero-order chi connectivity index (χ0) is 13.1. The van der Waals surface area contributed by atoms with Crippen LogP contribution in [0.4, 0.5) is 0 Å². The summed E-state index contributed by atoms with van der Waals surface area (Å²) in [7, 11) is 0. The van der Waals surface area contributed by atoms with Crippen LogP contribution in [0.1, 0.15) is 19.0 Å². The highest BCUT2D eigenvalue weighted by atomic mass is 35.5. The second-order valence-electron chi connectivity index (χ2n) is 5.60. The van der Waals surface area contributed by atoms with Gasteiger partial charge in [-0.3, -0.25) is 14.5 Å². The molecule has 0 radical (unpaired) electrons. The van der Waals surface area contributed by atoms with E-state index in [0.29, 0.717) is 0 Å². The van der Waals surface area contributed by atoms with E-state index in [1.165, 1.54) is 38.3 Å². The summed E-state index contributed by atoms with van der Waals surface area (Å²) in [6.07, 6.45) is 3.24. The molecule has 0 spiro atoms. The Balaban J connectivity index is 0.00000147. The van der Waals surface area contributed by atoms with Gasteiger partial charge in [0, 0.05) is 64.6 Å². The fourth-order valence-electron chi connectivity index (χ4n) is 3.31. The maximum Gasteiger partial charge on any atom is 0.0524 e. The van der Waals surface area contributed by atoms with Gasteiger partial charge < -0.3 is 5.32 Å². The van der Waals surface area contributed by atoms with Gasteiger partial charge in [0.25, 0.3) is 0 Å². The first kappa shape index (κ1) is 15.8. The fraction of sp³-hybridized carbons (Fsp3) is 0.786. The van der Waals surface area contributed by atoms with Gasteiger partial charge in [0.15, 0.2) is 0 Å². The number of hydrogen-bond donors (Lipinski definition) is 1. The lowest BCUT2D eigenvalue weighted by molar-refractivity contribution is 0.170. The zero-order valence-corrected chi connectivity index (χ0v) is 13.1. The van der Waals surface area contributed by atoms with Gasteiger partial charge in [-0.1, -0.05) is 0 Å². The van der Waals surface area contributed by atoms with Crippen LogP contribution >= 0.6 is 12.4 Å². The lowest BCUT2D eigenvalue weighted by Gasteiger charge is -2.32. The maximum absolute atomic E-state index is 4.36. The van der Waals surface area contributed by atoms with Crippen molar-refractivity contribution in [2.24, 2.45) is 0 Å². The van der Waals surface area contributed by atoms with Crippen LogP contribution in [0, 0.1) is 0 Å². The van der Waals surface area contributed by atoms with E-state index in [9.17, 15) is 0 Å². The summed E-state index contributed by atoms with van der Waals surface area (Å²) in [5.74, 6) is 0. The molecule has 0 saturated carbocycles. The minimum absolute atomic E-state index is 0. The molecule has 6 heteroatoms. The number of halogens is 1. The smallest absolute Gasteiger partial charge is 0.0524 e. The average molecular weight is 300 g/mol. The monoisotopic (exact) mass is 299 g/mol. The first-order chi connectivity index (χ1) is 9.36. The minimum Gasteiger partial charge on any atom is -0.314 e. The molecule has 1 aromatic rings. The Bertz CT molecular complexity index is 402. The van der Waals surface area contributed by atoms with Crippen molar-refractivity contribution in [2.75, 3.05) is 39.3 Å². The summed E-state index contributed by atoms with van der Waals surface area (Å²) in [5.41, 5.74) is 1.35. The number of rotatable bonds is 4. The van der Waals surface area contributed by atoms with Crippen LogP contribution in [0.2, 0.25) is 0 Å². The van der Waals surface area contributed by atoms with E-state index < -0.39 is 0 Å². The van der Waals surface area contributed by atoms with Gasteiger partial charge in [0.05, 0.1) is 5.69 Å². The van der Waals surface area contributed by atoms with Crippen molar-refractivity contribution >= 4 is 12.4 Å². The van der Waals surface area contributed by atoms with Gasteiger partial charge in [0.2, 0.25) is 0 Å². The van der Waals surface area contributed by atoms with Gasteiger partial charge >= 0.3 is 0 Å². The molecule has 20 heavy (non-hydrogen) atoms. The largest absolute Gasteiger partial charge is 0.314 e. The summed E-state index contributed by atoms with van der Waals surface area (Å²) in [6, 6.07) is 2.92. The van der Waals surface area contributed by atoms with E-state index in [2.05, 4.69) is 37.9 Å². The molecule has 2 aliphatic heterocycles. The van der Waals surface area contributed by atoms with Crippen LogP contribution in [-0.4, -0.2) is 64.9 Å². The molecule has 5 nitrogen and oxygen atoms in total. The topological polar surface area (TPSA) is 36.3 Å². The molecule has 0 aromatic carbocycles. The van der Waals surface area contributed by atoms with Crippen LogP contribution in [0.15, 0.2) is 12.3 Å². The van der Waals surface area contributed by atoms with E-state index in [1.807, 2.05) is 6.20 Å². The highest BCUT2D eigenvalue weighted by molar-refractivity contribution is 5.85. The third kappa shape index (κ3) is 3.52. The lowest BCUT2D eigenvalue weighted by atomic mass is 10.2. The summed E-state index contributed by atoms with van der Waals surface area (Å²) in [4.78, 5) is 5.24. The highest BCUT2D eigenvalue weighted by Crippen LogP contribution is 2.18. The number of likely N-dealkylation sites (tertiary alicyclic amines) is 1. The van der Waals surface area contributed by atoms with E-state index in [1.54, 1.807) is 0 Å². The summed E-state index contributed by atoms with van der Waals surface area (Å²) >= 11 is 0. The second kappa shape index (κ2) is 7.41. The number of nitrogens with one attached hydrogen (secondary N) is 1. The molecule has 3 heterocycles. The van der Waals surface area contributed by atoms with Gasteiger partial charge in [0.1, 0.15) is 0 Å². The van der Waals surface area contributed by atoms with Gasteiger partial charge in [-0.2, -0.15) is 5.10 Å². The van der Waals surface area contributed by atoms with Crippen molar-refractivity contribution in [3.8, 4) is 0 Å². The van der Waals surface area contributed by atoms with Crippen molar-refractivity contribution in [3.63, 3.8) is 0 Å². The molecule has 0 bridgehead atoms. The van der Waals surface area contributed by atoms with Crippen LogP contribution in [0.3, 0.4) is 0 Å². The van der Waals surface area contributed by atoms with Gasteiger partial charge in [-0.15, -0.1) is 12.4 Å². The number of hydrogen-bond acceptors (Lipinski definition) is 4. The number of nitrogens with zero attached hydrogens (tertiary/aromatic N) is 4. The molecule has 114 valence electrons. The molecule has 3 rings (SSSR count).